The zero-order valence-corrected chi connectivity index (χ0v) is 4.97. The lowest BCUT2D eigenvalue weighted by atomic mass is 10.4. The first kappa shape index (κ1) is 7.88. The molecule has 0 heterocycles. The summed E-state index contributed by atoms with van der Waals surface area (Å²) in [6, 6.07) is 0. The quantitative estimate of drug-likeness (QED) is 0.454. The minimum atomic E-state index is -1.53. The van der Waals surface area contributed by atoms with Gasteiger partial charge in [0.1, 0.15) is 0 Å². The van der Waals surface area contributed by atoms with Gasteiger partial charge in [-0.1, -0.05) is 12.2 Å². The fourth-order valence-electron chi connectivity index (χ4n) is 0.252. The molecule has 0 saturated carbocycles. The Morgan fingerprint density at radius 1 is 1.67 bits per heavy atom. The summed E-state index contributed by atoms with van der Waals surface area (Å²) in [5, 5.41) is 7.93. The van der Waals surface area contributed by atoms with E-state index in [1.54, 1.807) is 13.0 Å². The molecule has 0 aliphatic rings. The first-order valence-electron chi connectivity index (χ1n) is 2.40. The molecule has 0 amide bonds. The van der Waals surface area contributed by atoms with Crippen molar-refractivity contribution in [2.75, 3.05) is 0 Å². The Morgan fingerprint density at radius 3 is 2.56 bits per heavy atom. The molecule has 9 heavy (non-hydrogen) atoms. The van der Waals surface area contributed by atoms with Crippen molar-refractivity contribution in [3.8, 4) is 0 Å². The predicted octanol–water partition coefficient (Wildman–Crippen LogP) is 1.50. The maximum absolute atomic E-state index is 11.9. The van der Waals surface area contributed by atoms with Crippen molar-refractivity contribution in [2.24, 2.45) is 0 Å². The summed E-state index contributed by atoms with van der Waals surface area (Å²) >= 11 is 0. The highest BCUT2D eigenvalue weighted by Crippen LogP contribution is 1.94. The van der Waals surface area contributed by atoms with Crippen LogP contribution < -0.4 is 0 Å². The van der Waals surface area contributed by atoms with Gasteiger partial charge in [-0.05, 0) is 13.0 Å². The lowest BCUT2D eigenvalue weighted by molar-refractivity contribution is -0.134. The van der Waals surface area contributed by atoms with Crippen LogP contribution in [-0.2, 0) is 4.79 Å². The van der Waals surface area contributed by atoms with Gasteiger partial charge in [0, 0.05) is 0 Å². The highest BCUT2D eigenvalue weighted by atomic mass is 19.1. The SMILES string of the molecule is C/C=C/C=C(\F)C(=O)O. The highest BCUT2D eigenvalue weighted by Gasteiger charge is 2.00. The van der Waals surface area contributed by atoms with Gasteiger partial charge in [-0.3, -0.25) is 0 Å². The molecule has 0 aliphatic carbocycles. The summed E-state index contributed by atoms with van der Waals surface area (Å²) in [5.74, 6) is -2.68. The molecule has 0 aromatic heterocycles. The largest absolute Gasteiger partial charge is 0.476 e. The van der Waals surface area contributed by atoms with E-state index in [0.29, 0.717) is 0 Å². The number of hydrogen-bond acceptors (Lipinski definition) is 1. The number of allylic oxidation sites excluding steroid dienone is 3. The topological polar surface area (TPSA) is 37.3 Å². The van der Waals surface area contributed by atoms with Crippen LogP contribution in [-0.4, -0.2) is 11.1 Å². The van der Waals surface area contributed by atoms with Crippen LogP contribution in [0.2, 0.25) is 0 Å². The highest BCUT2D eigenvalue weighted by molar-refractivity contribution is 5.84. The summed E-state index contributed by atoms with van der Waals surface area (Å²) in [5.41, 5.74) is 0. The molecule has 0 spiro atoms. The van der Waals surface area contributed by atoms with E-state index in [0.717, 1.165) is 6.08 Å². The van der Waals surface area contributed by atoms with Gasteiger partial charge < -0.3 is 5.11 Å². The van der Waals surface area contributed by atoms with Gasteiger partial charge >= 0.3 is 5.97 Å². The van der Waals surface area contributed by atoms with Gasteiger partial charge in [0.25, 0.3) is 0 Å². The maximum Gasteiger partial charge on any atom is 0.364 e. The molecule has 0 radical (unpaired) electrons. The summed E-state index contributed by atoms with van der Waals surface area (Å²) < 4.78 is 11.9. The van der Waals surface area contributed by atoms with Crippen molar-refractivity contribution in [1.82, 2.24) is 0 Å². The monoisotopic (exact) mass is 130 g/mol. The third-order valence-electron chi connectivity index (χ3n) is 0.639. The Morgan fingerprint density at radius 2 is 2.22 bits per heavy atom. The minimum Gasteiger partial charge on any atom is -0.476 e. The van der Waals surface area contributed by atoms with E-state index in [9.17, 15) is 9.18 Å². The lowest BCUT2D eigenvalue weighted by Crippen LogP contribution is -1.92. The molecule has 0 aromatic rings. The van der Waals surface area contributed by atoms with Crippen LogP contribution in [0.5, 0.6) is 0 Å². The van der Waals surface area contributed by atoms with E-state index in [4.69, 9.17) is 5.11 Å². The number of hydrogen-bond donors (Lipinski definition) is 1. The summed E-state index contributed by atoms with van der Waals surface area (Å²) in [6.45, 7) is 1.67. The van der Waals surface area contributed by atoms with Crippen molar-refractivity contribution < 1.29 is 14.3 Å². The molecule has 0 aliphatic heterocycles. The number of rotatable bonds is 2. The summed E-state index contributed by atoms with van der Waals surface area (Å²) in [7, 11) is 0. The predicted molar refractivity (Wildman–Crippen MR) is 31.6 cm³/mol. The molecule has 50 valence electrons. The number of carboxylic acids is 1. The fraction of sp³-hybridized carbons (Fsp3) is 0.167. The van der Waals surface area contributed by atoms with Gasteiger partial charge in [0.15, 0.2) is 0 Å². The maximum atomic E-state index is 11.9. The van der Waals surface area contributed by atoms with Crippen molar-refractivity contribution >= 4 is 5.97 Å². The first-order valence-corrected chi connectivity index (χ1v) is 2.40. The first-order chi connectivity index (χ1) is 4.18. The van der Waals surface area contributed by atoms with Crippen LogP contribution in [0.4, 0.5) is 4.39 Å². The third kappa shape index (κ3) is 3.46. The number of carbonyl (C=O) groups is 1. The average Bonchev–Trinajstić information content (AvgIpc) is 1.82. The summed E-state index contributed by atoms with van der Waals surface area (Å²) in [4.78, 5) is 9.73. The fourth-order valence-corrected chi connectivity index (χ4v) is 0.252. The van der Waals surface area contributed by atoms with Crippen LogP contribution in [0.15, 0.2) is 24.1 Å². The van der Waals surface area contributed by atoms with E-state index in [1.807, 2.05) is 0 Å². The number of halogens is 1. The molecule has 2 nitrogen and oxygen atoms in total. The second kappa shape index (κ2) is 3.83. The van der Waals surface area contributed by atoms with E-state index in [-0.39, 0.29) is 0 Å². The van der Waals surface area contributed by atoms with Gasteiger partial charge in [-0.25, -0.2) is 4.79 Å². The number of aliphatic carboxylic acids is 1. The van der Waals surface area contributed by atoms with Crippen molar-refractivity contribution in [2.45, 2.75) is 6.92 Å². The van der Waals surface area contributed by atoms with Gasteiger partial charge in [0.05, 0.1) is 0 Å². The Bertz CT molecular complexity index is 158. The molecular formula is C6H7FO2. The second-order valence-electron chi connectivity index (χ2n) is 1.35. The number of carboxylic acid groups (broad SMARTS) is 1. The normalized spacial score (nSPS) is 12.4. The van der Waals surface area contributed by atoms with E-state index < -0.39 is 11.8 Å². The molecule has 0 saturated heterocycles. The summed E-state index contributed by atoms with van der Waals surface area (Å²) in [6.07, 6.45) is 3.76. The Labute approximate surface area is 52.3 Å². The van der Waals surface area contributed by atoms with E-state index in [2.05, 4.69) is 0 Å². The van der Waals surface area contributed by atoms with Crippen LogP contribution in [0.25, 0.3) is 0 Å². The third-order valence-corrected chi connectivity index (χ3v) is 0.639. The molecule has 0 bridgehead atoms. The van der Waals surface area contributed by atoms with Crippen molar-refractivity contribution in [3.05, 3.63) is 24.1 Å². The lowest BCUT2D eigenvalue weighted by Gasteiger charge is -1.81. The van der Waals surface area contributed by atoms with Crippen LogP contribution >= 0.6 is 0 Å². The molecule has 0 rings (SSSR count). The zero-order valence-electron chi connectivity index (χ0n) is 4.97. The minimum absolute atomic E-state index is 0.891. The smallest absolute Gasteiger partial charge is 0.364 e. The van der Waals surface area contributed by atoms with Crippen molar-refractivity contribution in [3.63, 3.8) is 0 Å². The van der Waals surface area contributed by atoms with Crippen LogP contribution in [0.3, 0.4) is 0 Å². The Kier molecular flexibility index (Phi) is 3.35. The zero-order chi connectivity index (χ0) is 7.28. The molecule has 0 fully saturated rings. The van der Waals surface area contributed by atoms with Crippen molar-refractivity contribution in [1.29, 1.82) is 0 Å². The molecule has 0 aromatic carbocycles. The van der Waals surface area contributed by atoms with Crippen LogP contribution in [0, 0.1) is 0 Å². The Balaban J connectivity index is 4.00. The van der Waals surface area contributed by atoms with Gasteiger partial charge in [0.2, 0.25) is 5.83 Å². The molecule has 0 unspecified atom stereocenters. The van der Waals surface area contributed by atoms with E-state index >= 15 is 0 Å². The average molecular weight is 130 g/mol. The van der Waals surface area contributed by atoms with Gasteiger partial charge in [-0.2, -0.15) is 4.39 Å². The molecular weight excluding hydrogens is 123 g/mol. The second-order valence-corrected chi connectivity index (χ2v) is 1.35. The Hall–Kier alpha value is -1.12. The van der Waals surface area contributed by atoms with Crippen LogP contribution in [0.1, 0.15) is 6.92 Å². The standard InChI is InChI=1S/C6H7FO2/c1-2-3-4-5(7)6(8)9/h2-4H,1H3,(H,8,9)/b3-2+,5-4-. The molecule has 0 atom stereocenters. The molecule has 1 N–H and O–H groups in total. The molecule has 3 heteroatoms. The van der Waals surface area contributed by atoms with Gasteiger partial charge in [-0.15, -0.1) is 0 Å². The van der Waals surface area contributed by atoms with E-state index in [1.165, 1.54) is 6.08 Å².